The van der Waals surface area contributed by atoms with Crippen LogP contribution in [0.4, 0.5) is 0 Å². The molecule has 5 N–H and O–H groups in total. The first-order valence-corrected chi connectivity index (χ1v) is 4.43. The highest BCUT2D eigenvalue weighted by Crippen LogP contribution is 1.87. The number of hydrogen-bond donors (Lipinski definition) is 5. The third-order valence-electron chi connectivity index (χ3n) is 1.84. The Kier molecular flexibility index (Phi) is 4.22. The van der Waals surface area contributed by atoms with Crippen LogP contribution in [0.15, 0.2) is 15.7 Å². The van der Waals surface area contributed by atoms with E-state index in [-0.39, 0.29) is 19.8 Å². The number of aliphatic hydroxyl groups is 2. The third kappa shape index (κ3) is 3.66. The third-order valence-corrected chi connectivity index (χ3v) is 1.84. The van der Waals surface area contributed by atoms with Crippen molar-refractivity contribution in [3.8, 4) is 0 Å². The summed E-state index contributed by atoms with van der Waals surface area (Å²) in [6, 6.07) is 0.771. The van der Waals surface area contributed by atoms with Crippen LogP contribution in [0.5, 0.6) is 0 Å². The summed E-state index contributed by atoms with van der Waals surface area (Å²) in [5.41, 5.74) is -0.667. The molecule has 0 amide bonds. The Morgan fingerprint density at radius 2 is 1.93 bits per heavy atom. The number of H-pyrrole nitrogens is 2. The van der Waals surface area contributed by atoms with Crippen LogP contribution in [0.25, 0.3) is 0 Å². The number of rotatable bonds is 5. The summed E-state index contributed by atoms with van der Waals surface area (Å²) >= 11 is 0. The molecule has 0 aliphatic rings. The van der Waals surface area contributed by atoms with Gasteiger partial charge in [0, 0.05) is 18.3 Å². The second kappa shape index (κ2) is 5.44. The molecule has 0 bridgehead atoms. The Labute approximate surface area is 84.8 Å². The highest BCUT2D eigenvalue weighted by Gasteiger charge is 2.05. The van der Waals surface area contributed by atoms with Gasteiger partial charge in [-0.3, -0.25) is 9.78 Å². The van der Waals surface area contributed by atoms with Crippen LogP contribution in [-0.2, 0) is 6.54 Å². The van der Waals surface area contributed by atoms with E-state index in [1.54, 1.807) is 0 Å². The van der Waals surface area contributed by atoms with Gasteiger partial charge in [-0.25, -0.2) is 4.79 Å². The van der Waals surface area contributed by atoms with Crippen LogP contribution < -0.4 is 16.6 Å². The molecule has 0 saturated carbocycles. The minimum absolute atomic E-state index is 0.199. The molecule has 0 fully saturated rings. The zero-order valence-electron chi connectivity index (χ0n) is 7.99. The first-order valence-electron chi connectivity index (χ1n) is 4.43. The molecule has 84 valence electrons. The molecule has 1 heterocycles. The van der Waals surface area contributed by atoms with Gasteiger partial charge in [0.1, 0.15) is 0 Å². The lowest BCUT2D eigenvalue weighted by Crippen LogP contribution is -2.36. The molecule has 7 nitrogen and oxygen atoms in total. The van der Waals surface area contributed by atoms with Crippen molar-refractivity contribution < 1.29 is 10.2 Å². The van der Waals surface area contributed by atoms with E-state index < -0.39 is 17.3 Å². The quantitative estimate of drug-likeness (QED) is 0.372. The normalized spacial score (nSPS) is 10.9. The summed E-state index contributed by atoms with van der Waals surface area (Å²) in [6.45, 7) is -0.237. The van der Waals surface area contributed by atoms with E-state index in [4.69, 9.17) is 10.2 Å². The van der Waals surface area contributed by atoms with E-state index in [1.807, 2.05) is 4.98 Å². The van der Waals surface area contributed by atoms with E-state index in [0.29, 0.717) is 5.69 Å². The smallest absolute Gasteiger partial charge is 0.325 e. The van der Waals surface area contributed by atoms with Crippen molar-refractivity contribution in [2.45, 2.75) is 12.6 Å². The average molecular weight is 215 g/mol. The van der Waals surface area contributed by atoms with Gasteiger partial charge in [0.05, 0.1) is 19.3 Å². The standard InChI is InChI=1S/C8H13N3O4/c12-3-6(4-13)9-2-5-1-7(14)11-8(15)10-5/h1,6,9,12-13H,2-4H2,(H2,10,11,14,15). The molecule has 15 heavy (non-hydrogen) atoms. The van der Waals surface area contributed by atoms with Crippen LogP contribution in [0, 0.1) is 0 Å². The van der Waals surface area contributed by atoms with Gasteiger partial charge in [0.15, 0.2) is 0 Å². The van der Waals surface area contributed by atoms with E-state index >= 15 is 0 Å². The number of aliphatic hydroxyl groups excluding tert-OH is 2. The fourth-order valence-electron chi connectivity index (χ4n) is 1.06. The topological polar surface area (TPSA) is 118 Å². The van der Waals surface area contributed by atoms with Crippen molar-refractivity contribution in [3.05, 3.63) is 32.6 Å². The van der Waals surface area contributed by atoms with E-state index in [9.17, 15) is 9.59 Å². The van der Waals surface area contributed by atoms with Crippen molar-refractivity contribution >= 4 is 0 Å². The summed E-state index contributed by atoms with van der Waals surface area (Å²) in [6.07, 6.45) is 0. The summed E-state index contributed by atoms with van der Waals surface area (Å²) in [5.74, 6) is 0. The van der Waals surface area contributed by atoms with Gasteiger partial charge >= 0.3 is 5.69 Å². The zero-order chi connectivity index (χ0) is 11.3. The SMILES string of the molecule is O=c1cc(CNC(CO)CO)[nH]c(=O)[nH]1. The number of nitrogens with one attached hydrogen (secondary N) is 3. The Bertz CT molecular complexity index is 379. The van der Waals surface area contributed by atoms with Gasteiger partial charge < -0.3 is 20.5 Å². The maximum atomic E-state index is 10.9. The molecule has 1 aromatic heterocycles. The first kappa shape index (κ1) is 11.6. The molecule has 0 atom stereocenters. The molecule has 0 aliphatic heterocycles. The van der Waals surface area contributed by atoms with Crippen LogP contribution >= 0.6 is 0 Å². The van der Waals surface area contributed by atoms with Crippen molar-refractivity contribution in [2.24, 2.45) is 0 Å². The van der Waals surface area contributed by atoms with E-state index in [1.165, 1.54) is 6.07 Å². The molecule has 0 saturated heterocycles. The van der Waals surface area contributed by atoms with Crippen LogP contribution in [0.1, 0.15) is 5.69 Å². The van der Waals surface area contributed by atoms with Gasteiger partial charge in [-0.15, -0.1) is 0 Å². The van der Waals surface area contributed by atoms with Gasteiger partial charge in [-0.2, -0.15) is 0 Å². The van der Waals surface area contributed by atoms with Gasteiger partial charge in [-0.1, -0.05) is 0 Å². The van der Waals surface area contributed by atoms with Crippen molar-refractivity contribution in [3.63, 3.8) is 0 Å². The van der Waals surface area contributed by atoms with Gasteiger partial charge in [-0.05, 0) is 0 Å². The fraction of sp³-hybridized carbons (Fsp3) is 0.500. The minimum Gasteiger partial charge on any atom is -0.395 e. The van der Waals surface area contributed by atoms with Crippen molar-refractivity contribution in [2.75, 3.05) is 13.2 Å². The Morgan fingerprint density at radius 3 is 2.47 bits per heavy atom. The molecule has 0 aromatic carbocycles. The molecule has 0 unspecified atom stereocenters. The average Bonchev–Trinajstić information content (AvgIpc) is 2.18. The zero-order valence-corrected chi connectivity index (χ0v) is 7.99. The summed E-state index contributed by atoms with van der Waals surface area (Å²) in [7, 11) is 0. The first-order chi connectivity index (χ1) is 7.15. The molecule has 1 rings (SSSR count). The van der Waals surface area contributed by atoms with E-state index in [0.717, 1.165) is 0 Å². The minimum atomic E-state index is -0.580. The van der Waals surface area contributed by atoms with Gasteiger partial charge in [0.25, 0.3) is 5.56 Å². The highest BCUT2D eigenvalue weighted by atomic mass is 16.3. The lowest BCUT2D eigenvalue weighted by Gasteiger charge is -2.12. The maximum absolute atomic E-state index is 10.9. The number of aromatic amines is 2. The van der Waals surface area contributed by atoms with Gasteiger partial charge in [0.2, 0.25) is 0 Å². The molecule has 1 aromatic rings. The Balaban J connectivity index is 2.65. The van der Waals surface area contributed by atoms with Crippen LogP contribution in [0.2, 0.25) is 0 Å². The second-order valence-electron chi connectivity index (χ2n) is 3.06. The molecular formula is C8H13N3O4. The van der Waals surface area contributed by atoms with E-state index in [2.05, 4.69) is 10.3 Å². The molecule has 0 spiro atoms. The second-order valence-corrected chi connectivity index (χ2v) is 3.06. The van der Waals surface area contributed by atoms with Crippen LogP contribution in [0.3, 0.4) is 0 Å². The molecule has 0 radical (unpaired) electrons. The maximum Gasteiger partial charge on any atom is 0.325 e. The Morgan fingerprint density at radius 1 is 1.27 bits per heavy atom. The fourth-order valence-corrected chi connectivity index (χ4v) is 1.06. The van der Waals surface area contributed by atoms with Crippen molar-refractivity contribution in [1.82, 2.24) is 15.3 Å². The predicted molar refractivity (Wildman–Crippen MR) is 52.5 cm³/mol. The molecule has 7 heteroatoms. The number of hydrogen-bond acceptors (Lipinski definition) is 5. The predicted octanol–water partition coefficient (Wildman–Crippen LogP) is -2.49. The molecule has 0 aliphatic carbocycles. The highest BCUT2D eigenvalue weighted by molar-refractivity contribution is 4.98. The summed E-state index contributed by atoms with van der Waals surface area (Å²) in [5, 5.41) is 20.3. The number of aromatic nitrogens is 2. The Hall–Kier alpha value is -1.44. The summed E-state index contributed by atoms with van der Waals surface area (Å²) in [4.78, 5) is 26.2. The molecular weight excluding hydrogens is 202 g/mol. The summed E-state index contributed by atoms with van der Waals surface area (Å²) < 4.78 is 0. The van der Waals surface area contributed by atoms with Crippen LogP contribution in [-0.4, -0.2) is 39.4 Å². The monoisotopic (exact) mass is 215 g/mol. The largest absolute Gasteiger partial charge is 0.395 e. The lowest BCUT2D eigenvalue weighted by atomic mass is 10.3. The lowest BCUT2D eigenvalue weighted by molar-refractivity contribution is 0.170. The van der Waals surface area contributed by atoms with Crippen molar-refractivity contribution in [1.29, 1.82) is 0 Å².